The van der Waals surface area contributed by atoms with Crippen molar-refractivity contribution in [2.75, 3.05) is 11.9 Å². The first-order chi connectivity index (χ1) is 9.72. The first-order valence-corrected chi connectivity index (χ1v) is 7.56. The minimum Gasteiger partial charge on any atom is -0.408 e. The van der Waals surface area contributed by atoms with Gasteiger partial charge in [0.1, 0.15) is 0 Å². The topological polar surface area (TPSA) is 94.0 Å². The molecule has 1 unspecified atom stereocenters. The Labute approximate surface area is 119 Å². The quantitative estimate of drug-likeness (QED) is 0.724. The van der Waals surface area contributed by atoms with Gasteiger partial charge < -0.3 is 10.2 Å². The van der Waals surface area contributed by atoms with Crippen molar-refractivity contribution >= 4 is 11.9 Å². The van der Waals surface area contributed by atoms with Crippen LogP contribution >= 0.6 is 0 Å². The van der Waals surface area contributed by atoms with Gasteiger partial charge in [0, 0.05) is 12.3 Å². The van der Waals surface area contributed by atoms with E-state index in [1.54, 1.807) is 0 Å². The molecule has 20 heavy (non-hydrogen) atoms. The summed E-state index contributed by atoms with van der Waals surface area (Å²) in [5.41, 5.74) is 5.59. The van der Waals surface area contributed by atoms with Gasteiger partial charge in [-0.3, -0.25) is 10.1 Å². The second kappa shape index (κ2) is 7.38. The Hall–Kier alpha value is -1.43. The van der Waals surface area contributed by atoms with Gasteiger partial charge in [0.15, 0.2) is 0 Å². The molecule has 1 saturated carbocycles. The molecule has 1 aromatic heterocycles. The minimum absolute atomic E-state index is 0.0610. The molecule has 1 fully saturated rings. The van der Waals surface area contributed by atoms with Gasteiger partial charge in [0.05, 0.1) is 0 Å². The molecule has 1 atom stereocenters. The highest BCUT2D eigenvalue weighted by Crippen LogP contribution is 2.39. The molecule has 0 spiro atoms. The molecule has 6 nitrogen and oxygen atoms in total. The fourth-order valence-corrected chi connectivity index (χ4v) is 2.37. The van der Waals surface area contributed by atoms with E-state index in [1.165, 1.54) is 0 Å². The van der Waals surface area contributed by atoms with Crippen LogP contribution in [0.1, 0.15) is 63.7 Å². The van der Waals surface area contributed by atoms with Crippen molar-refractivity contribution in [3.8, 4) is 0 Å². The van der Waals surface area contributed by atoms with Crippen LogP contribution in [0.4, 0.5) is 6.01 Å². The van der Waals surface area contributed by atoms with Gasteiger partial charge in [-0.15, -0.1) is 5.10 Å². The number of anilines is 1. The van der Waals surface area contributed by atoms with Gasteiger partial charge in [0.2, 0.25) is 11.8 Å². The molecule has 6 heteroatoms. The van der Waals surface area contributed by atoms with Crippen molar-refractivity contribution in [3.63, 3.8) is 0 Å². The van der Waals surface area contributed by atoms with Crippen molar-refractivity contribution in [2.45, 2.75) is 57.8 Å². The van der Waals surface area contributed by atoms with Crippen molar-refractivity contribution < 1.29 is 9.21 Å². The van der Waals surface area contributed by atoms with Crippen LogP contribution in [-0.4, -0.2) is 22.6 Å². The zero-order chi connectivity index (χ0) is 14.4. The molecule has 1 aliphatic rings. The average molecular weight is 280 g/mol. The van der Waals surface area contributed by atoms with E-state index in [0.29, 0.717) is 30.7 Å². The van der Waals surface area contributed by atoms with E-state index in [2.05, 4.69) is 22.4 Å². The van der Waals surface area contributed by atoms with Crippen molar-refractivity contribution in [1.82, 2.24) is 10.2 Å². The molecule has 2 rings (SSSR count). The molecule has 0 bridgehead atoms. The first kappa shape index (κ1) is 15.0. The van der Waals surface area contributed by atoms with Crippen molar-refractivity contribution in [3.05, 3.63) is 5.89 Å². The number of amides is 1. The molecular weight excluding hydrogens is 256 g/mol. The Balaban J connectivity index is 1.73. The van der Waals surface area contributed by atoms with Crippen LogP contribution in [-0.2, 0) is 4.79 Å². The lowest BCUT2D eigenvalue weighted by Gasteiger charge is -2.13. The summed E-state index contributed by atoms with van der Waals surface area (Å²) >= 11 is 0. The molecule has 3 N–H and O–H groups in total. The Morgan fingerprint density at radius 2 is 2.20 bits per heavy atom. The van der Waals surface area contributed by atoms with E-state index in [1.807, 2.05) is 0 Å². The van der Waals surface area contributed by atoms with Crippen LogP contribution in [0.5, 0.6) is 0 Å². The summed E-state index contributed by atoms with van der Waals surface area (Å²) in [6, 6.07) is 0.225. The summed E-state index contributed by atoms with van der Waals surface area (Å²) in [4.78, 5) is 11.9. The molecule has 0 saturated heterocycles. The standard InChI is InChI=1S/C14H24N4O2/c1-2-3-10(8-9-15)4-7-12(19)16-14-18-17-13(20-14)11-5-6-11/h10-11H,2-9,15H2,1H3,(H,16,18,19). The minimum atomic E-state index is -0.0610. The molecule has 1 aromatic rings. The van der Waals surface area contributed by atoms with E-state index in [4.69, 9.17) is 10.2 Å². The molecule has 0 aliphatic heterocycles. The smallest absolute Gasteiger partial charge is 0.322 e. The molecule has 1 aliphatic carbocycles. The SMILES string of the molecule is CCCC(CCN)CCC(=O)Nc1nnc(C2CC2)o1. The van der Waals surface area contributed by atoms with Gasteiger partial charge >= 0.3 is 6.01 Å². The van der Waals surface area contributed by atoms with Gasteiger partial charge in [-0.05, 0) is 38.1 Å². The van der Waals surface area contributed by atoms with Crippen LogP contribution in [0.3, 0.4) is 0 Å². The Kier molecular flexibility index (Phi) is 5.52. The number of nitrogens with two attached hydrogens (primary N) is 1. The number of nitrogens with zero attached hydrogens (tertiary/aromatic N) is 2. The molecule has 0 radical (unpaired) electrons. The Morgan fingerprint density at radius 3 is 2.85 bits per heavy atom. The number of nitrogens with one attached hydrogen (secondary N) is 1. The van der Waals surface area contributed by atoms with Crippen molar-refractivity contribution in [1.29, 1.82) is 0 Å². The van der Waals surface area contributed by atoms with Crippen LogP contribution in [0, 0.1) is 5.92 Å². The predicted molar refractivity (Wildman–Crippen MR) is 76.2 cm³/mol. The highest BCUT2D eigenvalue weighted by Gasteiger charge is 2.29. The third kappa shape index (κ3) is 4.59. The average Bonchev–Trinajstić information content (AvgIpc) is 3.18. The molecule has 1 heterocycles. The third-order valence-corrected chi connectivity index (χ3v) is 3.67. The fourth-order valence-electron chi connectivity index (χ4n) is 2.37. The van der Waals surface area contributed by atoms with Gasteiger partial charge in [0.25, 0.3) is 0 Å². The Morgan fingerprint density at radius 1 is 1.40 bits per heavy atom. The number of hydrogen-bond donors (Lipinski definition) is 2. The monoisotopic (exact) mass is 280 g/mol. The number of rotatable bonds is 9. The summed E-state index contributed by atoms with van der Waals surface area (Å²) in [5.74, 6) is 1.52. The van der Waals surface area contributed by atoms with Crippen LogP contribution in [0.15, 0.2) is 4.42 Å². The maximum Gasteiger partial charge on any atom is 0.322 e. The largest absolute Gasteiger partial charge is 0.408 e. The van der Waals surface area contributed by atoms with Crippen LogP contribution in [0.2, 0.25) is 0 Å². The zero-order valence-electron chi connectivity index (χ0n) is 12.1. The number of hydrogen-bond acceptors (Lipinski definition) is 5. The maximum absolute atomic E-state index is 11.9. The Bertz CT molecular complexity index is 423. The molecule has 112 valence electrons. The highest BCUT2D eigenvalue weighted by atomic mass is 16.4. The molecule has 0 aromatic carbocycles. The fraction of sp³-hybridized carbons (Fsp3) is 0.786. The first-order valence-electron chi connectivity index (χ1n) is 7.56. The number of aromatic nitrogens is 2. The van der Waals surface area contributed by atoms with E-state index in [9.17, 15) is 4.79 Å². The summed E-state index contributed by atoms with van der Waals surface area (Å²) in [7, 11) is 0. The van der Waals surface area contributed by atoms with E-state index in [0.717, 1.165) is 38.5 Å². The molecule has 1 amide bonds. The third-order valence-electron chi connectivity index (χ3n) is 3.67. The lowest BCUT2D eigenvalue weighted by molar-refractivity contribution is -0.116. The molecular formula is C14H24N4O2. The lowest BCUT2D eigenvalue weighted by atomic mass is 9.94. The second-order valence-corrected chi connectivity index (χ2v) is 5.54. The lowest BCUT2D eigenvalue weighted by Crippen LogP contribution is -2.15. The van der Waals surface area contributed by atoms with E-state index < -0.39 is 0 Å². The van der Waals surface area contributed by atoms with E-state index in [-0.39, 0.29) is 11.9 Å². The summed E-state index contributed by atoms with van der Waals surface area (Å²) < 4.78 is 5.41. The zero-order valence-corrected chi connectivity index (χ0v) is 12.1. The van der Waals surface area contributed by atoms with Gasteiger partial charge in [-0.25, -0.2) is 0 Å². The summed E-state index contributed by atoms with van der Waals surface area (Å²) in [6.45, 7) is 2.84. The maximum atomic E-state index is 11.9. The van der Waals surface area contributed by atoms with Gasteiger partial charge in [-0.1, -0.05) is 24.9 Å². The predicted octanol–water partition coefficient (Wildman–Crippen LogP) is 2.43. The van der Waals surface area contributed by atoms with Crippen LogP contribution in [0.25, 0.3) is 0 Å². The van der Waals surface area contributed by atoms with Crippen LogP contribution < -0.4 is 11.1 Å². The van der Waals surface area contributed by atoms with Crippen molar-refractivity contribution in [2.24, 2.45) is 11.7 Å². The summed E-state index contributed by atoms with van der Waals surface area (Å²) in [6.07, 6.45) is 6.78. The number of carbonyl (C=O) groups is 1. The number of carbonyl (C=O) groups excluding carboxylic acids is 1. The normalized spacial score (nSPS) is 16.1. The van der Waals surface area contributed by atoms with Gasteiger partial charge in [-0.2, -0.15) is 0 Å². The highest BCUT2D eigenvalue weighted by molar-refractivity contribution is 5.88. The second-order valence-electron chi connectivity index (χ2n) is 5.54. The summed E-state index contributed by atoms with van der Waals surface area (Å²) in [5, 5.41) is 10.5. The van der Waals surface area contributed by atoms with E-state index >= 15 is 0 Å².